The van der Waals surface area contributed by atoms with Gasteiger partial charge in [-0.1, -0.05) is 15.9 Å². The van der Waals surface area contributed by atoms with E-state index in [4.69, 9.17) is 9.84 Å². The Morgan fingerprint density at radius 1 is 1.17 bits per heavy atom. The molecule has 7 heteroatoms. The SMILES string of the molecule is CC(Oc1ccc(Br)cc1)C(=O)Nc1ccc(C(=O)O)cc1O. The van der Waals surface area contributed by atoms with Gasteiger partial charge in [0.15, 0.2) is 6.10 Å². The molecule has 0 bridgehead atoms. The van der Waals surface area contributed by atoms with E-state index in [0.29, 0.717) is 5.75 Å². The fourth-order valence-electron chi connectivity index (χ4n) is 1.78. The van der Waals surface area contributed by atoms with Crippen LogP contribution in [0.3, 0.4) is 0 Å². The van der Waals surface area contributed by atoms with E-state index in [1.165, 1.54) is 12.1 Å². The number of phenols is 1. The number of hydrogen-bond acceptors (Lipinski definition) is 4. The fourth-order valence-corrected chi connectivity index (χ4v) is 2.04. The lowest BCUT2D eigenvalue weighted by Gasteiger charge is -2.15. The van der Waals surface area contributed by atoms with Crippen molar-refractivity contribution in [1.29, 1.82) is 0 Å². The van der Waals surface area contributed by atoms with Crippen LogP contribution in [-0.4, -0.2) is 28.2 Å². The van der Waals surface area contributed by atoms with Gasteiger partial charge in [-0.25, -0.2) is 4.79 Å². The number of rotatable bonds is 5. The van der Waals surface area contributed by atoms with Gasteiger partial charge in [0, 0.05) is 4.47 Å². The second kappa shape index (κ2) is 7.15. The van der Waals surface area contributed by atoms with Crippen molar-refractivity contribution in [3.8, 4) is 11.5 Å². The summed E-state index contributed by atoms with van der Waals surface area (Å²) in [6.07, 6.45) is -0.797. The lowest BCUT2D eigenvalue weighted by Crippen LogP contribution is -2.30. The zero-order chi connectivity index (χ0) is 17.0. The number of carboxylic acids is 1. The van der Waals surface area contributed by atoms with E-state index in [1.807, 2.05) is 0 Å². The smallest absolute Gasteiger partial charge is 0.335 e. The van der Waals surface area contributed by atoms with Gasteiger partial charge < -0.3 is 20.3 Å². The van der Waals surface area contributed by atoms with Gasteiger partial charge in [-0.05, 0) is 49.4 Å². The van der Waals surface area contributed by atoms with Crippen LogP contribution in [0.5, 0.6) is 11.5 Å². The number of aromatic carboxylic acids is 1. The molecule has 1 amide bonds. The Balaban J connectivity index is 2.03. The summed E-state index contributed by atoms with van der Waals surface area (Å²) in [4.78, 5) is 22.9. The molecule has 0 radical (unpaired) electrons. The summed E-state index contributed by atoms with van der Waals surface area (Å²) in [5, 5.41) is 21.1. The van der Waals surface area contributed by atoms with Crippen molar-refractivity contribution in [2.45, 2.75) is 13.0 Å². The summed E-state index contributed by atoms with van der Waals surface area (Å²) in [7, 11) is 0. The summed E-state index contributed by atoms with van der Waals surface area (Å²) >= 11 is 3.30. The van der Waals surface area contributed by atoms with Gasteiger partial charge in [0.05, 0.1) is 11.3 Å². The lowest BCUT2D eigenvalue weighted by atomic mass is 10.2. The highest BCUT2D eigenvalue weighted by molar-refractivity contribution is 9.10. The molecule has 0 saturated carbocycles. The topological polar surface area (TPSA) is 95.9 Å². The first kappa shape index (κ1) is 16.8. The number of hydrogen-bond donors (Lipinski definition) is 3. The highest BCUT2D eigenvalue weighted by atomic mass is 79.9. The highest BCUT2D eigenvalue weighted by Crippen LogP contribution is 2.25. The number of phenolic OH excluding ortho intramolecular Hbond substituents is 1. The molecule has 0 saturated heterocycles. The Bertz CT molecular complexity index is 730. The fraction of sp³-hybridized carbons (Fsp3) is 0.125. The average Bonchev–Trinajstić information content (AvgIpc) is 2.51. The van der Waals surface area contributed by atoms with Crippen molar-refractivity contribution >= 4 is 33.5 Å². The molecule has 23 heavy (non-hydrogen) atoms. The van der Waals surface area contributed by atoms with Crippen molar-refractivity contribution < 1.29 is 24.5 Å². The van der Waals surface area contributed by atoms with Crippen LogP contribution in [0.2, 0.25) is 0 Å². The van der Waals surface area contributed by atoms with Crippen LogP contribution in [-0.2, 0) is 4.79 Å². The first-order chi connectivity index (χ1) is 10.9. The molecule has 0 heterocycles. The van der Waals surface area contributed by atoms with Gasteiger partial charge in [-0.3, -0.25) is 4.79 Å². The molecule has 3 N–H and O–H groups in total. The third kappa shape index (κ3) is 4.46. The van der Waals surface area contributed by atoms with Gasteiger partial charge in [0.25, 0.3) is 5.91 Å². The minimum Gasteiger partial charge on any atom is -0.506 e. The second-order valence-corrected chi connectivity index (χ2v) is 5.66. The Morgan fingerprint density at radius 3 is 2.39 bits per heavy atom. The van der Waals surface area contributed by atoms with Crippen LogP contribution >= 0.6 is 15.9 Å². The number of nitrogens with one attached hydrogen (secondary N) is 1. The Morgan fingerprint density at radius 2 is 1.83 bits per heavy atom. The summed E-state index contributed by atoms with van der Waals surface area (Å²) < 4.78 is 6.39. The van der Waals surface area contributed by atoms with E-state index in [1.54, 1.807) is 31.2 Å². The molecular formula is C16H14BrNO5. The molecule has 1 atom stereocenters. The van der Waals surface area contributed by atoms with Gasteiger partial charge >= 0.3 is 5.97 Å². The number of carbonyl (C=O) groups is 2. The number of anilines is 1. The number of aromatic hydroxyl groups is 1. The minimum atomic E-state index is -1.16. The van der Waals surface area contributed by atoms with Crippen molar-refractivity contribution in [3.63, 3.8) is 0 Å². The summed E-state index contributed by atoms with van der Waals surface area (Å²) in [5.41, 5.74) is 0.0471. The van der Waals surface area contributed by atoms with E-state index in [9.17, 15) is 14.7 Å². The third-order valence-electron chi connectivity index (χ3n) is 3.00. The minimum absolute atomic E-state index is 0.0698. The predicted molar refractivity (Wildman–Crippen MR) is 87.9 cm³/mol. The third-order valence-corrected chi connectivity index (χ3v) is 3.53. The number of benzene rings is 2. The van der Waals surface area contributed by atoms with Crippen LogP contribution in [0.1, 0.15) is 17.3 Å². The summed E-state index contributed by atoms with van der Waals surface area (Å²) in [6.45, 7) is 1.57. The van der Waals surface area contributed by atoms with E-state index in [-0.39, 0.29) is 17.0 Å². The van der Waals surface area contributed by atoms with Gasteiger partial charge in [-0.2, -0.15) is 0 Å². The number of carboxylic acid groups (broad SMARTS) is 1. The van der Waals surface area contributed by atoms with E-state index < -0.39 is 18.0 Å². The Hall–Kier alpha value is -2.54. The first-order valence-electron chi connectivity index (χ1n) is 6.66. The molecule has 120 valence electrons. The molecule has 2 aromatic carbocycles. The molecule has 0 aliphatic carbocycles. The molecule has 0 aliphatic rings. The average molecular weight is 380 g/mol. The van der Waals surface area contributed by atoms with Crippen LogP contribution in [0.15, 0.2) is 46.9 Å². The van der Waals surface area contributed by atoms with Crippen LogP contribution in [0, 0.1) is 0 Å². The van der Waals surface area contributed by atoms with E-state index in [2.05, 4.69) is 21.2 Å². The standard InChI is InChI=1S/C16H14BrNO5/c1-9(23-12-5-3-11(17)4-6-12)15(20)18-13-7-2-10(16(21)22)8-14(13)19/h2-9,19H,1H3,(H,18,20)(H,21,22). The monoisotopic (exact) mass is 379 g/mol. The van der Waals surface area contributed by atoms with Crippen molar-refractivity contribution in [2.75, 3.05) is 5.32 Å². The maximum Gasteiger partial charge on any atom is 0.335 e. The van der Waals surface area contributed by atoms with E-state index >= 15 is 0 Å². The van der Waals surface area contributed by atoms with Crippen molar-refractivity contribution in [1.82, 2.24) is 0 Å². The Kier molecular flexibility index (Phi) is 5.23. The molecule has 2 aromatic rings. The first-order valence-corrected chi connectivity index (χ1v) is 7.45. The maximum absolute atomic E-state index is 12.1. The quantitative estimate of drug-likeness (QED) is 0.692. The van der Waals surface area contributed by atoms with Crippen LogP contribution in [0.4, 0.5) is 5.69 Å². The molecule has 2 rings (SSSR count). The Labute approximate surface area is 140 Å². The van der Waals surface area contributed by atoms with Crippen molar-refractivity contribution in [3.05, 3.63) is 52.5 Å². The highest BCUT2D eigenvalue weighted by Gasteiger charge is 2.17. The summed E-state index contributed by atoms with van der Waals surface area (Å²) in [5.74, 6) is -1.42. The zero-order valence-corrected chi connectivity index (χ0v) is 13.7. The van der Waals surface area contributed by atoms with Crippen molar-refractivity contribution in [2.24, 2.45) is 0 Å². The van der Waals surface area contributed by atoms with Gasteiger partial charge in [0.1, 0.15) is 11.5 Å². The molecule has 0 aliphatic heterocycles. The molecule has 0 spiro atoms. The number of amides is 1. The predicted octanol–water partition coefficient (Wildman–Crippen LogP) is 3.26. The van der Waals surface area contributed by atoms with Gasteiger partial charge in [0.2, 0.25) is 0 Å². The van der Waals surface area contributed by atoms with Gasteiger partial charge in [-0.15, -0.1) is 0 Å². The normalized spacial score (nSPS) is 11.6. The molecule has 6 nitrogen and oxygen atoms in total. The molecule has 0 fully saturated rings. The van der Waals surface area contributed by atoms with E-state index in [0.717, 1.165) is 10.5 Å². The largest absolute Gasteiger partial charge is 0.506 e. The maximum atomic E-state index is 12.1. The number of halogens is 1. The number of ether oxygens (including phenoxy) is 1. The molecule has 0 aromatic heterocycles. The van der Waals surface area contributed by atoms with Crippen LogP contribution in [0.25, 0.3) is 0 Å². The molecule has 1 unspecified atom stereocenters. The second-order valence-electron chi connectivity index (χ2n) is 4.74. The lowest BCUT2D eigenvalue weighted by molar-refractivity contribution is -0.122. The van der Waals surface area contributed by atoms with Crippen LogP contribution < -0.4 is 10.1 Å². The number of carbonyl (C=O) groups excluding carboxylic acids is 1. The molecular weight excluding hydrogens is 366 g/mol. The zero-order valence-electron chi connectivity index (χ0n) is 12.1. The summed E-state index contributed by atoms with van der Waals surface area (Å²) in [6, 6.07) is 10.7.